The fourth-order valence-corrected chi connectivity index (χ4v) is 2.33. The fraction of sp³-hybridized carbons (Fsp3) is 0.111. The third kappa shape index (κ3) is 4.42. The number of carbonyl (C=O) groups excluding carboxylic acids is 1. The summed E-state index contributed by atoms with van der Waals surface area (Å²) in [6.07, 6.45) is 3.13. The quantitative estimate of drug-likeness (QED) is 0.739. The van der Waals surface area contributed by atoms with E-state index in [1.54, 1.807) is 11.0 Å². The number of hydrogen-bond acceptors (Lipinski definition) is 4. The molecule has 0 aliphatic carbocycles. The van der Waals surface area contributed by atoms with Gasteiger partial charge in [-0.3, -0.25) is 0 Å². The Kier molecular flexibility index (Phi) is 5.19. The number of rotatable bonds is 5. The summed E-state index contributed by atoms with van der Waals surface area (Å²) in [5, 5.41) is 18.3. The molecule has 2 N–H and O–H groups in total. The van der Waals surface area contributed by atoms with Gasteiger partial charge in [-0.2, -0.15) is 10.4 Å². The SMILES string of the molecule is N#Cc1cc(F)ccc1NC(=O)NCc1ccc(Cn2cncn2)cc1. The van der Waals surface area contributed by atoms with E-state index in [4.69, 9.17) is 5.26 Å². The van der Waals surface area contributed by atoms with Crippen molar-refractivity contribution < 1.29 is 9.18 Å². The Morgan fingerprint density at radius 3 is 2.65 bits per heavy atom. The fourth-order valence-electron chi connectivity index (χ4n) is 2.33. The van der Waals surface area contributed by atoms with Crippen LogP contribution in [-0.4, -0.2) is 20.8 Å². The van der Waals surface area contributed by atoms with Crippen LogP contribution in [0.15, 0.2) is 55.1 Å². The molecule has 1 heterocycles. The van der Waals surface area contributed by atoms with Crippen LogP contribution >= 0.6 is 0 Å². The molecule has 0 aliphatic rings. The van der Waals surface area contributed by atoms with Gasteiger partial charge in [-0.15, -0.1) is 0 Å². The molecule has 2 amide bonds. The van der Waals surface area contributed by atoms with Crippen molar-refractivity contribution in [1.82, 2.24) is 20.1 Å². The Labute approximate surface area is 149 Å². The summed E-state index contributed by atoms with van der Waals surface area (Å²) in [5.74, 6) is -0.529. The van der Waals surface area contributed by atoms with Crippen LogP contribution in [0.25, 0.3) is 0 Å². The molecule has 130 valence electrons. The molecular formula is C18H15FN6O. The molecule has 3 rings (SSSR count). The van der Waals surface area contributed by atoms with Crippen molar-refractivity contribution in [2.24, 2.45) is 0 Å². The van der Waals surface area contributed by atoms with E-state index in [0.717, 1.165) is 17.2 Å². The van der Waals surface area contributed by atoms with Crippen LogP contribution in [0.4, 0.5) is 14.9 Å². The first-order valence-corrected chi connectivity index (χ1v) is 7.79. The first-order chi connectivity index (χ1) is 12.6. The largest absolute Gasteiger partial charge is 0.334 e. The zero-order valence-corrected chi connectivity index (χ0v) is 13.7. The molecule has 0 spiro atoms. The maximum absolute atomic E-state index is 13.1. The first kappa shape index (κ1) is 17.1. The monoisotopic (exact) mass is 350 g/mol. The highest BCUT2D eigenvalue weighted by molar-refractivity contribution is 5.90. The van der Waals surface area contributed by atoms with Crippen molar-refractivity contribution in [3.8, 4) is 6.07 Å². The standard InChI is InChI=1S/C18H15FN6O/c19-16-5-6-17(15(7-16)8-20)24-18(26)22-9-13-1-3-14(4-2-13)10-25-12-21-11-23-25/h1-7,11-12H,9-10H2,(H2,22,24,26). The van der Waals surface area contributed by atoms with Crippen LogP contribution in [-0.2, 0) is 13.1 Å². The molecule has 0 unspecified atom stereocenters. The van der Waals surface area contributed by atoms with Crippen LogP contribution in [0.5, 0.6) is 0 Å². The molecule has 0 aliphatic heterocycles. The number of hydrogen-bond donors (Lipinski definition) is 2. The van der Waals surface area contributed by atoms with Gasteiger partial charge in [0.25, 0.3) is 0 Å². The second-order valence-electron chi connectivity index (χ2n) is 5.52. The van der Waals surface area contributed by atoms with Gasteiger partial charge in [-0.25, -0.2) is 18.9 Å². The Morgan fingerprint density at radius 2 is 1.96 bits per heavy atom. The highest BCUT2D eigenvalue weighted by atomic mass is 19.1. The summed E-state index contributed by atoms with van der Waals surface area (Å²) in [6.45, 7) is 0.939. The number of nitrogens with one attached hydrogen (secondary N) is 2. The smallest absolute Gasteiger partial charge is 0.319 e. The molecule has 0 atom stereocenters. The number of amides is 2. The number of nitrogens with zero attached hydrogens (tertiary/aromatic N) is 4. The van der Waals surface area contributed by atoms with E-state index >= 15 is 0 Å². The van der Waals surface area contributed by atoms with E-state index in [0.29, 0.717) is 13.1 Å². The molecule has 0 bridgehead atoms. The zero-order valence-electron chi connectivity index (χ0n) is 13.7. The minimum atomic E-state index is -0.529. The predicted octanol–water partition coefficient (Wildman–Crippen LogP) is 2.66. The Morgan fingerprint density at radius 1 is 1.19 bits per heavy atom. The summed E-state index contributed by atoms with van der Waals surface area (Å²) in [6, 6.07) is 12.7. The lowest BCUT2D eigenvalue weighted by Crippen LogP contribution is -2.28. The highest BCUT2D eigenvalue weighted by Gasteiger charge is 2.07. The molecule has 0 saturated carbocycles. The minimum absolute atomic E-state index is 0.0672. The van der Waals surface area contributed by atoms with Gasteiger partial charge >= 0.3 is 6.03 Å². The average molecular weight is 350 g/mol. The van der Waals surface area contributed by atoms with Gasteiger partial charge < -0.3 is 10.6 Å². The van der Waals surface area contributed by atoms with Crippen molar-refractivity contribution >= 4 is 11.7 Å². The second kappa shape index (κ2) is 7.90. The molecule has 26 heavy (non-hydrogen) atoms. The third-order valence-electron chi connectivity index (χ3n) is 3.64. The number of urea groups is 1. The van der Waals surface area contributed by atoms with E-state index in [2.05, 4.69) is 20.7 Å². The molecular weight excluding hydrogens is 335 g/mol. The van der Waals surface area contributed by atoms with Gasteiger partial charge in [0.2, 0.25) is 0 Å². The number of carbonyl (C=O) groups is 1. The van der Waals surface area contributed by atoms with Gasteiger partial charge in [-0.1, -0.05) is 24.3 Å². The van der Waals surface area contributed by atoms with Crippen LogP contribution in [0.1, 0.15) is 16.7 Å². The van der Waals surface area contributed by atoms with Gasteiger partial charge in [0.15, 0.2) is 0 Å². The van der Waals surface area contributed by atoms with Crippen LogP contribution in [0.2, 0.25) is 0 Å². The van der Waals surface area contributed by atoms with E-state index in [1.807, 2.05) is 30.3 Å². The second-order valence-corrected chi connectivity index (χ2v) is 5.52. The van der Waals surface area contributed by atoms with Crippen LogP contribution in [0, 0.1) is 17.1 Å². The maximum Gasteiger partial charge on any atom is 0.319 e. The lowest BCUT2D eigenvalue weighted by atomic mass is 10.1. The summed E-state index contributed by atoms with van der Waals surface area (Å²) in [5.41, 5.74) is 2.31. The van der Waals surface area contributed by atoms with Crippen LogP contribution in [0.3, 0.4) is 0 Å². The van der Waals surface area contributed by atoms with E-state index in [9.17, 15) is 9.18 Å². The molecule has 0 radical (unpaired) electrons. The average Bonchev–Trinajstić information content (AvgIpc) is 3.15. The third-order valence-corrected chi connectivity index (χ3v) is 3.64. The highest BCUT2D eigenvalue weighted by Crippen LogP contribution is 2.15. The molecule has 7 nitrogen and oxygen atoms in total. The number of nitriles is 1. The van der Waals surface area contributed by atoms with E-state index < -0.39 is 11.8 Å². The van der Waals surface area contributed by atoms with E-state index in [1.165, 1.54) is 18.5 Å². The topological polar surface area (TPSA) is 95.6 Å². The van der Waals surface area contributed by atoms with Crippen molar-refractivity contribution in [3.05, 3.63) is 77.6 Å². The lowest BCUT2D eigenvalue weighted by molar-refractivity contribution is 0.251. The summed E-state index contributed by atoms with van der Waals surface area (Å²) in [7, 11) is 0. The van der Waals surface area contributed by atoms with Crippen molar-refractivity contribution in [3.63, 3.8) is 0 Å². The molecule has 0 fully saturated rings. The normalized spacial score (nSPS) is 10.2. The molecule has 1 aromatic heterocycles. The van der Waals surface area contributed by atoms with Gasteiger partial charge in [-0.05, 0) is 29.3 Å². The number of anilines is 1. The summed E-state index contributed by atoms with van der Waals surface area (Å²) in [4.78, 5) is 15.9. The van der Waals surface area contributed by atoms with Gasteiger partial charge in [0.05, 0.1) is 17.8 Å². The van der Waals surface area contributed by atoms with Crippen molar-refractivity contribution in [2.75, 3.05) is 5.32 Å². The van der Waals surface area contributed by atoms with Crippen molar-refractivity contribution in [2.45, 2.75) is 13.1 Å². The zero-order chi connectivity index (χ0) is 18.4. The Balaban J connectivity index is 1.54. The molecule has 0 saturated heterocycles. The van der Waals surface area contributed by atoms with Gasteiger partial charge in [0, 0.05) is 6.54 Å². The summed E-state index contributed by atoms with van der Waals surface area (Å²) < 4.78 is 14.8. The molecule has 3 aromatic rings. The predicted molar refractivity (Wildman–Crippen MR) is 92.5 cm³/mol. The molecule has 8 heteroatoms. The summed E-state index contributed by atoms with van der Waals surface area (Å²) >= 11 is 0. The van der Waals surface area contributed by atoms with Crippen molar-refractivity contribution in [1.29, 1.82) is 5.26 Å². The Hall–Kier alpha value is -3.73. The number of benzene rings is 2. The van der Waals surface area contributed by atoms with E-state index in [-0.39, 0.29) is 11.3 Å². The van der Waals surface area contributed by atoms with Gasteiger partial charge in [0.1, 0.15) is 24.5 Å². The number of halogens is 1. The number of aromatic nitrogens is 3. The first-order valence-electron chi connectivity index (χ1n) is 7.79. The molecule has 2 aromatic carbocycles. The van der Waals surface area contributed by atoms with Crippen LogP contribution < -0.4 is 10.6 Å². The minimum Gasteiger partial charge on any atom is -0.334 e. The Bertz CT molecular complexity index is 931. The maximum atomic E-state index is 13.1. The lowest BCUT2D eigenvalue weighted by Gasteiger charge is -2.09.